The van der Waals surface area contributed by atoms with Crippen molar-refractivity contribution in [3.8, 4) is 0 Å². The molecule has 2 rings (SSSR count). The van der Waals surface area contributed by atoms with Crippen LogP contribution in [-0.4, -0.2) is 22.6 Å². The molecule has 2 heterocycles. The summed E-state index contributed by atoms with van der Waals surface area (Å²) in [6.45, 7) is 0.00687. The summed E-state index contributed by atoms with van der Waals surface area (Å²) < 4.78 is 0. The number of nitrogens with zero attached hydrogens (tertiary/aromatic N) is 1. The molecule has 0 saturated heterocycles. The molecule has 4 nitrogen and oxygen atoms in total. The number of thiophene rings is 1. The molecule has 0 spiro atoms. The number of carbonyl (C=O) groups excluding carboxylic acids is 1. The van der Waals surface area contributed by atoms with Crippen molar-refractivity contribution < 1.29 is 9.90 Å². The van der Waals surface area contributed by atoms with Crippen molar-refractivity contribution in [2.45, 2.75) is 12.5 Å². The third-order valence-corrected chi connectivity index (χ3v) is 3.91. The third kappa shape index (κ3) is 3.53. The fraction of sp³-hybridized carbons (Fsp3) is 0.231. The molecule has 2 aromatic heterocycles. The van der Waals surface area contributed by atoms with E-state index in [1.807, 2.05) is 17.5 Å². The fourth-order valence-corrected chi connectivity index (χ4v) is 2.72. The van der Waals surface area contributed by atoms with E-state index in [4.69, 9.17) is 16.7 Å². The zero-order chi connectivity index (χ0) is 13.7. The molecule has 2 aromatic rings. The Morgan fingerprint density at radius 2 is 2.37 bits per heavy atom. The topological polar surface area (TPSA) is 62.2 Å². The van der Waals surface area contributed by atoms with E-state index in [-0.39, 0.29) is 18.6 Å². The SMILES string of the molecule is O=C(NC(CCO)c1cccs1)c1ccncc1Cl. The molecule has 1 amide bonds. The van der Waals surface area contributed by atoms with Crippen LogP contribution in [0.5, 0.6) is 0 Å². The first kappa shape index (κ1) is 14.0. The Balaban J connectivity index is 2.14. The number of aliphatic hydroxyl groups excluding tert-OH is 1. The Hall–Kier alpha value is -1.43. The number of rotatable bonds is 5. The highest BCUT2D eigenvalue weighted by Gasteiger charge is 2.17. The highest BCUT2D eigenvalue weighted by atomic mass is 35.5. The number of halogens is 1. The van der Waals surface area contributed by atoms with Crippen molar-refractivity contribution >= 4 is 28.8 Å². The number of nitrogens with one attached hydrogen (secondary N) is 1. The van der Waals surface area contributed by atoms with E-state index < -0.39 is 0 Å². The van der Waals surface area contributed by atoms with Crippen LogP contribution in [0.25, 0.3) is 0 Å². The minimum Gasteiger partial charge on any atom is -0.396 e. The second-order valence-corrected chi connectivity index (χ2v) is 5.30. The molecule has 100 valence electrons. The number of hydrogen-bond donors (Lipinski definition) is 2. The van der Waals surface area contributed by atoms with Gasteiger partial charge in [0.15, 0.2) is 0 Å². The van der Waals surface area contributed by atoms with Gasteiger partial charge in [-0.05, 0) is 23.9 Å². The Labute approximate surface area is 120 Å². The van der Waals surface area contributed by atoms with Crippen LogP contribution < -0.4 is 5.32 Å². The molecule has 0 bridgehead atoms. The quantitative estimate of drug-likeness (QED) is 0.891. The largest absolute Gasteiger partial charge is 0.396 e. The van der Waals surface area contributed by atoms with Gasteiger partial charge in [-0.2, -0.15) is 0 Å². The average molecular weight is 297 g/mol. The van der Waals surface area contributed by atoms with Crippen molar-refractivity contribution in [3.63, 3.8) is 0 Å². The molecule has 0 aliphatic heterocycles. The van der Waals surface area contributed by atoms with Gasteiger partial charge in [0.25, 0.3) is 5.91 Å². The molecular formula is C13H13ClN2O2S. The standard InChI is InChI=1S/C13H13ClN2O2S/c14-10-8-15-5-3-9(10)13(18)16-11(4-6-17)12-2-1-7-19-12/h1-3,5,7-8,11,17H,4,6H2,(H,16,18). The van der Waals surface area contributed by atoms with Gasteiger partial charge in [-0.3, -0.25) is 9.78 Å². The maximum absolute atomic E-state index is 12.1. The van der Waals surface area contributed by atoms with Gasteiger partial charge in [0.2, 0.25) is 0 Å². The van der Waals surface area contributed by atoms with Crippen molar-refractivity contribution in [2.75, 3.05) is 6.61 Å². The van der Waals surface area contributed by atoms with Crippen LogP contribution in [0.15, 0.2) is 36.0 Å². The van der Waals surface area contributed by atoms with Crippen LogP contribution in [0.2, 0.25) is 5.02 Å². The maximum atomic E-state index is 12.1. The van der Waals surface area contributed by atoms with E-state index in [1.165, 1.54) is 12.4 Å². The van der Waals surface area contributed by atoms with E-state index in [2.05, 4.69) is 10.3 Å². The van der Waals surface area contributed by atoms with Crippen LogP contribution in [0.4, 0.5) is 0 Å². The molecule has 0 aliphatic carbocycles. The van der Waals surface area contributed by atoms with Gasteiger partial charge >= 0.3 is 0 Å². The Kier molecular flexibility index (Phi) is 4.90. The lowest BCUT2D eigenvalue weighted by Gasteiger charge is -2.16. The van der Waals surface area contributed by atoms with Gasteiger partial charge < -0.3 is 10.4 Å². The Morgan fingerprint density at radius 3 is 3.00 bits per heavy atom. The minimum absolute atomic E-state index is 0.00687. The van der Waals surface area contributed by atoms with E-state index in [0.717, 1.165) is 4.88 Å². The number of pyridine rings is 1. The van der Waals surface area contributed by atoms with Gasteiger partial charge in [0.05, 0.1) is 16.6 Å². The van der Waals surface area contributed by atoms with Crippen LogP contribution in [0, 0.1) is 0 Å². The van der Waals surface area contributed by atoms with Gasteiger partial charge in [0, 0.05) is 23.9 Å². The fourth-order valence-electron chi connectivity index (χ4n) is 1.70. The molecule has 6 heteroatoms. The smallest absolute Gasteiger partial charge is 0.253 e. The molecule has 0 radical (unpaired) electrons. The summed E-state index contributed by atoms with van der Waals surface area (Å²) >= 11 is 7.48. The number of aliphatic hydroxyl groups is 1. The van der Waals surface area contributed by atoms with Crippen molar-refractivity contribution in [1.82, 2.24) is 10.3 Å². The summed E-state index contributed by atoms with van der Waals surface area (Å²) in [5.41, 5.74) is 0.385. The zero-order valence-electron chi connectivity index (χ0n) is 10.0. The normalized spacial score (nSPS) is 12.1. The number of carbonyl (C=O) groups is 1. The summed E-state index contributed by atoms with van der Waals surface area (Å²) in [4.78, 5) is 17.0. The zero-order valence-corrected chi connectivity index (χ0v) is 11.6. The third-order valence-electron chi connectivity index (χ3n) is 2.63. The van der Waals surface area contributed by atoms with Crippen LogP contribution >= 0.6 is 22.9 Å². The summed E-state index contributed by atoms with van der Waals surface area (Å²) in [6, 6.07) is 5.21. The van der Waals surface area contributed by atoms with Gasteiger partial charge in [-0.1, -0.05) is 17.7 Å². The van der Waals surface area contributed by atoms with Crippen LogP contribution in [-0.2, 0) is 0 Å². The summed E-state index contributed by atoms with van der Waals surface area (Å²) in [7, 11) is 0. The number of amides is 1. The van der Waals surface area contributed by atoms with E-state index in [1.54, 1.807) is 17.4 Å². The summed E-state index contributed by atoms with van der Waals surface area (Å²) in [6.07, 6.45) is 3.42. The average Bonchev–Trinajstić information content (AvgIpc) is 2.92. The second kappa shape index (κ2) is 6.65. The molecule has 19 heavy (non-hydrogen) atoms. The van der Waals surface area contributed by atoms with Gasteiger partial charge in [-0.25, -0.2) is 0 Å². The predicted molar refractivity (Wildman–Crippen MR) is 75.5 cm³/mol. The van der Waals surface area contributed by atoms with E-state index in [0.29, 0.717) is 17.0 Å². The first-order valence-corrected chi connectivity index (χ1v) is 7.02. The van der Waals surface area contributed by atoms with Gasteiger partial charge in [-0.15, -0.1) is 11.3 Å². The Morgan fingerprint density at radius 1 is 1.53 bits per heavy atom. The molecule has 0 aromatic carbocycles. The highest BCUT2D eigenvalue weighted by molar-refractivity contribution is 7.10. The summed E-state index contributed by atoms with van der Waals surface area (Å²) in [5, 5.41) is 14.2. The van der Waals surface area contributed by atoms with E-state index >= 15 is 0 Å². The van der Waals surface area contributed by atoms with Crippen molar-refractivity contribution in [1.29, 1.82) is 0 Å². The van der Waals surface area contributed by atoms with Crippen molar-refractivity contribution in [2.24, 2.45) is 0 Å². The lowest BCUT2D eigenvalue weighted by Crippen LogP contribution is -2.29. The molecule has 0 aliphatic rings. The first-order chi connectivity index (χ1) is 9.22. The number of hydrogen-bond acceptors (Lipinski definition) is 4. The van der Waals surface area contributed by atoms with Crippen LogP contribution in [0.3, 0.4) is 0 Å². The summed E-state index contributed by atoms with van der Waals surface area (Å²) in [5.74, 6) is -0.265. The molecule has 0 saturated carbocycles. The lowest BCUT2D eigenvalue weighted by molar-refractivity contribution is 0.0931. The highest BCUT2D eigenvalue weighted by Crippen LogP contribution is 2.23. The molecule has 0 fully saturated rings. The van der Waals surface area contributed by atoms with E-state index in [9.17, 15) is 4.79 Å². The maximum Gasteiger partial charge on any atom is 0.253 e. The second-order valence-electron chi connectivity index (χ2n) is 3.91. The number of aromatic nitrogens is 1. The lowest BCUT2D eigenvalue weighted by atomic mass is 10.1. The Bertz CT molecular complexity index is 545. The molecule has 1 atom stereocenters. The first-order valence-electron chi connectivity index (χ1n) is 5.77. The van der Waals surface area contributed by atoms with Crippen LogP contribution in [0.1, 0.15) is 27.7 Å². The molecule has 1 unspecified atom stereocenters. The predicted octanol–water partition coefficient (Wildman–Crippen LogP) is 2.65. The van der Waals surface area contributed by atoms with Crippen molar-refractivity contribution in [3.05, 3.63) is 51.4 Å². The molecule has 2 N–H and O–H groups in total. The van der Waals surface area contributed by atoms with Gasteiger partial charge in [0.1, 0.15) is 0 Å². The monoisotopic (exact) mass is 296 g/mol. The minimum atomic E-state index is -0.265. The molecular weight excluding hydrogens is 284 g/mol.